The molecule has 0 atom stereocenters. The molecule has 2 rings (SSSR count). The van der Waals surface area contributed by atoms with E-state index in [1.165, 1.54) is 64.7 Å². The zero-order valence-corrected chi connectivity index (χ0v) is 11.0. The average Bonchev–Trinajstić information content (AvgIpc) is 2.36. The lowest BCUT2D eigenvalue weighted by atomic mass is 10.1. The fraction of sp³-hybridized carbons (Fsp3) is 1.00. The molecule has 2 heterocycles. The summed E-state index contributed by atoms with van der Waals surface area (Å²) in [5.41, 5.74) is 0. The SMILES string of the molecule is C.C.C.C1CCNCC1.CC.CN1CCCCC1. The molecule has 0 radical (unpaired) electrons. The molecule has 0 aromatic carbocycles. The molecule has 18 heavy (non-hydrogen) atoms. The first-order valence-electron chi connectivity index (χ1n) is 6.79. The largest absolute Gasteiger partial charge is 0.317 e. The summed E-state index contributed by atoms with van der Waals surface area (Å²) in [6.07, 6.45) is 8.49. The molecule has 2 heteroatoms. The number of rotatable bonds is 0. The van der Waals surface area contributed by atoms with Crippen molar-refractivity contribution < 1.29 is 0 Å². The van der Waals surface area contributed by atoms with Crippen molar-refractivity contribution >= 4 is 0 Å². The van der Waals surface area contributed by atoms with Gasteiger partial charge in [0.15, 0.2) is 0 Å². The smallest absolute Gasteiger partial charge is 0.00218 e. The Morgan fingerprint density at radius 2 is 1.06 bits per heavy atom. The predicted octanol–water partition coefficient (Wildman–Crippen LogP) is 4.80. The van der Waals surface area contributed by atoms with Crippen LogP contribution in [0.5, 0.6) is 0 Å². The van der Waals surface area contributed by atoms with E-state index in [0.717, 1.165) is 0 Å². The van der Waals surface area contributed by atoms with E-state index in [1.54, 1.807) is 0 Å². The maximum Gasteiger partial charge on any atom is -0.00218 e. The molecule has 0 aliphatic carbocycles. The van der Waals surface area contributed by atoms with Gasteiger partial charge >= 0.3 is 0 Å². The van der Waals surface area contributed by atoms with Crippen LogP contribution in [0.3, 0.4) is 0 Å². The molecule has 2 saturated heterocycles. The molecule has 0 aromatic rings. The molecule has 0 amide bonds. The van der Waals surface area contributed by atoms with E-state index in [1.807, 2.05) is 13.8 Å². The summed E-state index contributed by atoms with van der Waals surface area (Å²) in [5, 5.41) is 3.28. The van der Waals surface area contributed by atoms with E-state index in [2.05, 4.69) is 17.3 Å². The first-order valence-corrected chi connectivity index (χ1v) is 6.79. The minimum Gasteiger partial charge on any atom is -0.317 e. The topological polar surface area (TPSA) is 15.3 Å². The standard InChI is InChI=1S/C6H13N.C5H11N.C2H6.3CH4/c1-7-5-3-2-4-6-7;1-2-4-6-5-3-1;1-2;;;/h2-6H2,1H3;6H,1-5H2;1-2H3;3*1H4. The molecule has 116 valence electrons. The van der Waals surface area contributed by atoms with Gasteiger partial charge in [-0.3, -0.25) is 0 Å². The van der Waals surface area contributed by atoms with Crippen LogP contribution in [0.1, 0.15) is 74.7 Å². The van der Waals surface area contributed by atoms with Crippen molar-refractivity contribution in [2.24, 2.45) is 0 Å². The Balaban J connectivity index is -0.0000000839. The molecule has 0 bridgehead atoms. The van der Waals surface area contributed by atoms with Crippen molar-refractivity contribution in [2.75, 3.05) is 33.2 Å². The third-order valence-corrected chi connectivity index (χ3v) is 2.79. The number of likely N-dealkylation sites (tertiary alicyclic amines) is 1. The molecule has 0 saturated carbocycles. The van der Waals surface area contributed by atoms with Gasteiger partial charge in [-0.1, -0.05) is 49.0 Å². The lowest BCUT2D eigenvalue weighted by Gasteiger charge is -2.20. The van der Waals surface area contributed by atoms with E-state index < -0.39 is 0 Å². The molecular formula is C16H42N2. The first kappa shape index (κ1) is 26.5. The van der Waals surface area contributed by atoms with Gasteiger partial charge in [-0.25, -0.2) is 0 Å². The summed E-state index contributed by atoms with van der Waals surface area (Å²) in [6, 6.07) is 0. The Labute approximate surface area is 119 Å². The number of piperidine rings is 2. The minimum atomic E-state index is 0. The van der Waals surface area contributed by atoms with E-state index >= 15 is 0 Å². The minimum absolute atomic E-state index is 0. The van der Waals surface area contributed by atoms with Crippen LogP contribution in [0, 0.1) is 0 Å². The summed E-state index contributed by atoms with van der Waals surface area (Å²) >= 11 is 0. The first-order chi connectivity index (χ1) is 7.39. The van der Waals surface area contributed by atoms with Gasteiger partial charge in [0, 0.05) is 0 Å². The Kier molecular flexibility index (Phi) is 32.6. The lowest BCUT2D eigenvalue weighted by Crippen LogP contribution is -2.24. The monoisotopic (exact) mass is 262 g/mol. The second-order valence-electron chi connectivity index (χ2n) is 4.17. The van der Waals surface area contributed by atoms with E-state index in [9.17, 15) is 0 Å². The van der Waals surface area contributed by atoms with Gasteiger partial charge in [0.25, 0.3) is 0 Å². The number of nitrogens with one attached hydrogen (secondary N) is 1. The maximum absolute atomic E-state index is 3.28. The number of hydrogen-bond acceptors (Lipinski definition) is 2. The van der Waals surface area contributed by atoms with Crippen molar-refractivity contribution in [1.82, 2.24) is 10.2 Å². The summed E-state index contributed by atoms with van der Waals surface area (Å²) in [7, 11) is 2.19. The average molecular weight is 263 g/mol. The summed E-state index contributed by atoms with van der Waals surface area (Å²) < 4.78 is 0. The van der Waals surface area contributed by atoms with Gasteiger partial charge in [0.1, 0.15) is 0 Å². The van der Waals surface area contributed by atoms with Crippen LogP contribution in [0.4, 0.5) is 0 Å². The lowest BCUT2D eigenvalue weighted by molar-refractivity contribution is 0.277. The summed E-state index contributed by atoms with van der Waals surface area (Å²) in [6.45, 7) is 9.14. The Morgan fingerprint density at radius 3 is 1.22 bits per heavy atom. The van der Waals surface area contributed by atoms with Crippen LogP contribution >= 0.6 is 0 Å². The van der Waals surface area contributed by atoms with Crippen LogP contribution < -0.4 is 5.32 Å². The highest BCUT2D eigenvalue weighted by Crippen LogP contribution is 2.04. The van der Waals surface area contributed by atoms with Crippen LogP contribution in [-0.4, -0.2) is 38.1 Å². The van der Waals surface area contributed by atoms with Gasteiger partial charge in [-0.15, -0.1) is 0 Å². The molecule has 2 aliphatic heterocycles. The maximum atomic E-state index is 3.28. The van der Waals surface area contributed by atoms with Crippen molar-refractivity contribution in [2.45, 2.75) is 74.7 Å². The summed E-state index contributed by atoms with van der Waals surface area (Å²) in [5.74, 6) is 0. The van der Waals surface area contributed by atoms with Gasteiger partial charge in [0.05, 0.1) is 0 Å². The molecule has 0 spiro atoms. The molecule has 1 N–H and O–H groups in total. The molecule has 0 unspecified atom stereocenters. The highest BCUT2D eigenvalue weighted by Gasteiger charge is 2.02. The van der Waals surface area contributed by atoms with Crippen molar-refractivity contribution in [3.05, 3.63) is 0 Å². The van der Waals surface area contributed by atoms with E-state index in [4.69, 9.17) is 0 Å². The predicted molar refractivity (Wildman–Crippen MR) is 89.6 cm³/mol. The second kappa shape index (κ2) is 22.1. The van der Waals surface area contributed by atoms with Crippen molar-refractivity contribution in [3.8, 4) is 0 Å². The fourth-order valence-corrected chi connectivity index (χ4v) is 1.85. The van der Waals surface area contributed by atoms with E-state index in [0.29, 0.717) is 0 Å². The van der Waals surface area contributed by atoms with Crippen LogP contribution in [0.25, 0.3) is 0 Å². The Morgan fingerprint density at radius 1 is 0.667 bits per heavy atom. The summed E-state index contributed by atoms with van der Waals surface area (Å²) in [4.78, 5) is 2.39. The molecular weight excluding hydrogens is 220 g/mol. The molecule has 2 nitrogen and oxygen atoms in total. The quantitative estimate of drug-likeness (QED) is 0.675. The normalized spacial score (nSPS) is 18.2. The van der Waals surface area contributed by atoms with Crippen LogP contribution in [-0.2, 0) is 0 Å². The van der Waals surface area contributed by atoms with Gasteiger partial charge < -0.3 is 10.2 Å². The highest BCUT2D eigenvalue weighted by atomic mass is 15.1. The molecule has 0 aromatic heterocycles. The number of hydrogen-bond donors (Lipinski definition) is 1. The third-order valence-electron chi connectivity index (χ3n) is 2.79. The Bertz CT molecular complexity index is 94.2. The Hall–Kier alpha value is -0.0800. The van der Waals surface area contributed by atoms with Crippen LogP contribution in [0.15, 0.2) is 0 Å². The second-order valence-corrected chi connectivity index (χ2v) is 4.17. The third kappa shape index (κ3) is 18.3. The van der Waals surface area contributed by atoms with Crippen LogP contribution in [0.2, 0.25) is 0 Å². The van der Waals surface area contributed by atoms with Gasteiger partial charge in [-0.05, 0) is 58.9 Å². The molecule has 2 aliphatic rings. The van der Waals surface area contributed by atoms with Gasteiger partial charge in [0.2, 0.25) is 0 Å². The fourth-order valence-electron chi connectivity index (χ4n) is 1.85. The van der Waals surface area contributed by atoms with Gasteiger partial charge in [-0.2, -0.15) is 0 Å². The number of nitrogens with zero attached hydrogens (tertiary/aromatic N) is 1. The molecule has 2 fully saturated rings. The zero-order valence-electron chi connectivity index (χ0n) is 11.0. The van der Waals surface area contributed by atoms with E-state index in [-0.39, 0.29) is 22.3 Å². The van der Waals surface area contributed by atoms with Crippen molar-refractivity contribution in [1.29, 1.82) is 0 Å². The zero-order chi connectivity index (χ0) is 11.4. The van der Waals surface area contributed by atoms with Crippen molar-refractivity contribution in [3.63, 3.8) is 0 Å². The highest BCUT2D eigenvalue weighted by molar-refractivity contribution is 4.58.